The van der Waals surface area contributed by atoms with Gasteiger partial charge in [-0.2, -0.15) is 0 Å². The monoisotopic (exact) mass is 304 g/mol. The summed E-state index contributed by atoms with van der Waals surface area (Å²) in [5, 5.41) is 0. The second-order valence-electron chi connectivity index (χ2n) is 4.51. The topological polar surface area (TPSA) is 0 Å². The smallest absolute Gasteiger partial charge is 0.129 e. The van der Waals surface area contributed by atoms with E-state index in [1.807, 2.05) is 0 Å². The maximum absolute atomic E-state index is 2.45. The second kappa shape index (κ2) is 5.12. The quantitative estimate of drug-likeness (QED) is 0.347. The molecule has 0 radical (unpaired) electrons. The highest BCUT2D eigenvalue weighted by atomic mass is 127. The number of nitrogens with zero attached hydrogens (tertiary/aromatic N) is 1. The molecule has 1 aromatic carbocycles. The van der Waals surface area contributed by atoms with Crippen LogP contribution in [0.5, 0.6) is 0 Å². The van der Waals surface area contributed by atoms with Gasteiger partial charge in [-0.05, 0) is 35.1 Å². The predicted octanol–water partition coefficient (Wildman–Crippen LogP) is 3.01. The van der Waals surface area contributed by atoms with E-state index in [1.54, 1.807) is 0 Å². The Hall–Kier alpha value is -0.0900. The normalized spacial score (nSPS) is 11.7. The number of halogens is 1. The van der Waals surface area contributed by atoms with Crippen LogP contribution in [0.25, 0.3) is 0 Å². The van der Waals surface area contributed by atoms with Crippen LogP contribution >= 0.6 is 22.6 Å². The highest BCUT2D eigenvalue weighted by Crippen LogP contribution is 2.08. The summed E-state index contributed by atoms with van der Waals surface area (Å²) in [6.07, 6.45) is 1.18. The molecule has 0 spiro atoms. The molecule has 0 fully saturated rings. The van der Waals surface area contributed by atoms with Crippen molar-refractivity contribution in [1.82, 2.24) is 0 Å². The fourth-order valence-corrected chi connectivity index (χ4v) is 1.59. The van der Waals surface area contributed by atoms with Crippen LogP contribution in [0.1, 0.15) is 11.1 Å². The average molecular weight is 304 g/mol. The molecule has 14 heavy (non-hydrogen) atoms. The van der Waals surface area contributed by atoms with Crippen LogP contribution in [0, 0.1) is 6.92 Å². The van der Waals surface area contributed by atoms with E-state index in [0.29, 0.717) is 0 Å². The van der Waals surface area contributed by atoms with E-state index in [2.05, 4.69) is 67.9 Å². The molecule has 0 aliphatic heterocycles. The lowest BCUT2D eigenvalue weighted by atomic mass is 10.1. The zero-order valence-electron chi connectivity index (χ0n) is 9.26. The molecule has 0 saturated carbocycles. The molecule has 1 rings (SSSR count). The van der Waals surface area contributed by atoms with Crippen molar-refractivity contribution in [3.8, 4) is 0 Å². The van der Waals surface area contributed by atoms with Gasteiger partial charge in [0.15, 0.2) is 0 Å². The van der Waals surface area contributed by atoms with Gasteiger partial charge in [0.05, 0.1) is 20.6 Å². The second-order valence-corrected chi connectivity index (χ2v) is 5.20. The van der Waals surface area contributed by atoms with Gasteiger partial charge in [-0.1, -0.05) is 29.8 Å². The van der Waals surface area contributed by atoms with Gasteiger partial charge in [0.1, 0.15) is 4.55 Å². The van der Waals surface area contributed by atoms with Gasteiger partial charge in [0.2, 0.25) is 0 Å². The third-order valence-corrected chi connectivity index (χ3v) is 4.30. The zero-order chi connectivity index (χ0) is 10.6. The SMILES string of the molecule is Cc1ccc(CC[N+](C)(C)CI)cc1. The van der Waals surface area contributed by atoms with Crippen molar-refractivity contribution >= 4 is 22.6 Å². The summed E-state index contributed by atoms with van der Waals surface area (Å²) < 4.78 is 2.26. The maximum Gasteiger partial charge on any atom is 0.129 e. The fourth-order valence-electron chi connectivity index (χ4n) is 1.25. The highest BCUT2D eigenvalue weighted by Gasteiger charge is 2.11. The minimum absolute atomic E-state index is 1.09. The molecule has 0 heterocycles. The van der Waals surface area contributed by atoms with E-state index in [9.17, 15) is 0 Å². The van der Waals surface area contributed by atoms with E-state index in [4.69, 9.17) is 0 Å². The van der Waals surface area contributed by atoms with E-state index in [-0.39, 0.29) is 0 Å². The molecule has 0 unspecified atom stereocenters. The van der Waals surface area contributed by atoms with Gasteiger partial charge in [-0.3, -0.25) is 0 Å². The Morgan fingerprint density at radius 2 is 1.71 bits per heavy atom. The summed E-state index contributed by atoms with van der Waals surface area (Å²) in [7, 11) is 4.56. The lowest BCUT2D eigenvalue weighted by Crippen LogP contribution is -2.39. The minimum Gasteiger partial charge on any atom is -0.320 e. The number of rotatable bonds is 4. The van der Waals surface area contributed by atoms with Crippen molar-refractivity contribution in [2.24, 2.45) is 0 Å². The minimum atomic E-state index is 1.09. The number of alkyl halides is 1. The molecule has 1 aromatic rings. The molecule has 0 aromatic heterocycles. The highest BCUT2D eigenvalue weighted by molar-refractivity contribution is 14.1. The third-order valence-electron chi connectivity index (χ3n) is 2.45. The fraction of sp³-hybridized carbons (Fsp3) is 0.500. The van der Waals surface area contributed by atoms with Crippen molar-refractivity contribution in [3.05, 3.63) is 35.4 Å². The summed E-state index contributed by atoms with van der Waals surface area (Å²) in [6.45, 7) is 3.35. The lowest BCUT2D eigenvalue weighted by Gasteiger charge is -2.27. The summed E-state index contributed by atoms with van der Waals surface area (Å²) >= 11 is 2.45. The Labute approximate surface area is 101 Å². The van der Waals surface area contributed by atoms with E-state index >= 15 is 0 Å². The predicted molar refractivity (Wildman–Crippen MR) is 70.7 cm³/mol. The Morgan fingerprint density at radius 1 is 1.14 bits per heavy atom. The number of likely N-dealkylation sites (N-methyl/N-ethyl adjacent to an activating group) is 1. The molecule has 0 aliphatic carbocycles. The molecule has 0 aliphatic rings. The van der Waals surface area contributed by atoms with E-state index in [1.165, 1.54) is 28.6 Å². The standard InChI is InChI=1S/C12H19IN/c1-11-4-6-12(7-5-11)8-9-14(2,3)10-13/h4-7H,8-10H2,1-3H3/q+1. The van der Waals surface area contributed by atoms with Gasteiger partial charge in [-0.15, -0.1) is 0 Å². The van der Waals surface area contributed by atoms with Crippen LogP contribution in [0.15, 0.2) is 24.3 Å². The molecule has 0 atom stereocenters. The van der Waals surface area contributed by atoms with Gasteiger partial charge >= 0.3 is 0 Å². The van der Waals surface area contributed by atoms with Gasteiger partial charge in [-0.25, -0.2) is 0 Å². The number of hydrogen-bond acceptors (Lipinski definition) is 0. The van der Waals surface area contributed by atoms with Crippen LogP contribution in [0.3, 0.4) is 0 Å². The molecule has 0 saturated heterocycles. The summed E-state index contributed by atoms with van der Waals surface area (Å²) in [4.78, 5) is 0. The van der Waals surface area contributed by atoms with Crippen molar-refractivity contribution in [1.29, 1.82) is 0 Å². The van der Waals surface area contributed by atoms with Gasteiger partial charge in [0.25, 0.3) is 0 Å². The first-order valence-corrected chi connectivity index (χ1v) is 6.49. The Kier molecular flexibility index (Phi) is 4.38. The Morgan fingerprint density at radius 3 is 2.21 bits per heavy atom. The Bertz CT molecular complexity index is 277. The summed E-state index contributed by atoms with van der Waals surface area (Å²) in [6, 6.07) is 8.86. The van der Waals surface area contributed by atoms with Crippen molar-refractivity contribution in [3.63, 3.8) is 0 Å². The largest absolute Gasteiger partial charge is 0.320 e. The van der Waals surface area contributed by atoms with Crippen molar-refractivity contribution < 1.29 is 4.48 Å². The van der Waals surface area contributed by atoms with Crippen LogP contribution in [0.4, 0.5) is 0 Å². The van der Waals surface area contributed by atoms with E-state index in [0.717, 1.165) is 4.48 Å². The first kappa shape index (κ1) is 12.0. The lowest BCUT2D eigenvalue weighted by molar-refractivity contribution is -0.874. The zero-order valence-corrected chi connectivity index (χ0v) is 11.4. The van der Waals surface area contributed by atoms with Crippen LogP contribution in [-0.2, 0) is 6.42 Å². The van der Waals surface area contributed by atoms with Crippen molar-refractivity contribution in [2.45, 2.75) is 13.3 Å². The third kappa shape index (κ3) is 3.96. The molecular formula is C12H19IN+. The summed E-state index contributed by atoms with van der Waals surface area (Å²) in [5.74, 6) is 0. The van der Waals surface area contributed by atoms with Crippen LogP contribution < -0.4 is 0 Å². The number of aryl methyl sites for hydroxylation is 1. The van der Waals surface area contributed by atoms with Crippen molar-refractivity contribution in [2.75, 3.05) is 25.2 Å². The molecule has 0 bridgehead atoms. The molecule has 0 amide bonds. The number of benzene rings is 1. The van der Waals surface area contributed by atoms with Gasteiger partial charge in [0, 0.05) is 6.42 Å². The average Bonchev–Trinajstić information content (AvgIpc) is 2.17. The number of hydrogen-bond donors (Lipinski definition) is 0. The molecule has 2 heteroatoms. The first-order valence-electron chi connectivity index (χ1n) is 4.97. The Balaban J connectivity index is 2.50. The molecular weight excluding hydrogens is 285 g/mol. The molecule has 1 nitrogen and oxygen atoms in total. The molecule has 0 N–H and O–H groups in total. The van der Waals surface area contributed by atoms with Crippen LogP contribution in [0.2, 0.25) is 0 Å². The maximum atomic E-state index is 2.45. The van der Waals surface area contributed by atoms with Gasteiger partial charge < -0.3 is 4.48 Å². The summed E-state index contributed by atoms with van der Waals surface area (Å²) in [5.41, 5.74) is 2.79. The van der Waals surface area contributed by atoms with Crippen LogP contribution in [-0.4, -0.2) is 29.7 Å². The van der Waals surface area contributed by atoms with E-state index < -0.39 is 0 Å². The molecule has 78 valence electrons. The number of quaternary nitrogens is 1. The first-order chi connectivity index (χ1) is 6.53.